The van der Waals surface area contributed by atoms with Crippen molar-refractivity contribution >= 4 is 16.6 Å². The molecular weight excluding hydrogens is 1070 g/mol. The van der Waals surface area contributed by atoms with E-state index >= 15 is 0 Å². The van der Waals surface area contributed by atoms with Crippen LogP contribution in [-0.2, 0) is 74.2 Å². The molecule has 81 heavy (non-hydrogen) atoms. The van der Waals surface area contributed by atoms with Crippen LogP contribution in [-0.4, -0.2) is 160 Å². The topological polar surface area (TPSA) is 201 Å². The molecule has 0 radical (unpaired) electrons. The van der Waals surface area contributed by atoms with Crippen LogP contribution in [0.5, 0.6) is 0 Å². The predicted octanol–water partition coefficient (Wildman–Crippen LogP) is 10.5. The van der Waals surface area contributed by atoms with E-state index in [9.17, 15) is 20.4 Å². The van der Waals surface area contributed by atoms with E-state index in [0.29, 0.717) is 53.1 Å². The van der Waals surface area contributed by atoms with E-state index in [4.69, 9.17) is 61.0 Å². The Morgan fingerprint density at radius 2 is 0.901 bits per heavy atom. The Hall–Kier alpha value is -1.81. The molecule has 0 amide bonds. The highest BCUT2D eigenvalue weighted by Crippen LogP contribution is 2.49. The highest BCUT2D eigenvalue weighted by atomic mass is 28.4. The fourth-order valence-electron chi connectivity index (χ4n) is 13.5. The minimum absolute atomic E-state index is 0.0858. The number of benzene rings is 2. The van der Waals surface area contributed by atoms with Crippen LogP contribution in [0.2, 0.25) is 33.2 Å². The molecule has 4 N–H and O–H groups in total. The Morgan fingerprint density at radius 1 is 0.481 bits per heavy atom. The number of aliphatic hydroxyl groups is 4. The van der Waals surface area contributed by atoms with Gasteiger partial charge in [0.15, 0.2) is 36.7 Å². The van der Waals surface area contributed by atoms with Gasteiger partial charge in [0.1, 0.15) is 48.8 Å². The summed E-state index contributed by atoms with van der Waals surface area (Å²) in [5.74, 6) is -1.97. The van der Waals surface area contributed by atoms with Crippen molar-refractivity contribution in [3.63, 3.8) is 0 Å². The normalized spacial score (nSPS) is 35.9. The van der Waals surface area contributed by atoms with Crippen molar-refractivity contribution in [3.05, 3.63) is 71.8 Å². The summed E-state index contributed by atoms with van der Waals surface area (Å²) in [5.41, 5.74) is 4.63. The van der Waals surface area contributed by atoms with Gasteiger partial charge in [-0.2, -0.15) is 0 Å². The summed E-state index contributed by atoms with van der Waals surface area (Å²) < 4.78 is 81.2. The van der Waals surface area contributed by atoms with Crippen LogP contribution >= 0.6 is 0 Å². The first-order valence-corrected chi connectivity index (χ1v) is 34.4. The third kappa shape index (κ3) is 16.0. The zero-order valence-electron chi connectivity index (χ0n) is 52.6. The molecule has 17 nitrogen and oxygen atoms in total. The van der Waals surface area contributed by atoms with Crippen molar-refractivity contribution < 1.29 is 81.4 Å². The molecule has 18 atom stereocenters. The molecule has 6 aliphatic rings. The van der Waals surface area contributed by atoms with Crippen molar-refractivity contribution in [2.75, 3.05) is 13.2 Å². The summed E-state index contributed by atoms with van der Waals surface area (Å²) in [6.07, 6.45) is -8.83. The molecule has 6 aliphatic heterocycles. The lowest BCUT2D eigenvalue weighted by molar-refractivity contribution is -0.326. The first kappa shape index (κ1) is 68.3. The summed E-state index contributed by atoms with van der Waals surface area (Å²) in [7, 11) is -4.38. The maximum Gasteiger partial charge on any atom is 0.203 e. The van der Waals surface area contributed by atoms with Gasteiger partial charge in [-0.05, 0) is 85.9 Å². The Balaban J connectivity index is 0.000000217. The van der Waals surface area contributed by atoms with Crippen molar-refractivity contribution in [1.29, 1.82) is 0 Å². The lowest BCUT2D eigenvalue weighted by atomic mass is 9.96. The fourth-order valence-corrected chi connectivity index (χ4v) is 24.3. The van der Waals surface area contributed by atoms with E-state index in [0.717, 1.165) is 11.1 Å². The van der Waals surface area contributed by atoms with Gasteiger partial charge < -0.3 is 81.4 Å². The van der Waals surface area contributed by atoms with E-state index in [1.54, 1.807) is 6.92 Å². The number of aliphatic hydroxyl groups excluding tert-OH is 4. The Morgan fingerprint density at radius 3 is 1.37 bits per heavy atom. The van der Waals surface area contributed by atoms with Crippen LogP contribution in [0, 0.1) is 11.8 Å². The Labute approximate surface area is 487 Å². The molecule has 2 aromatic carbocycles. The molecule has 0 spiro atoms. The molecule has 6 fully saturated rings. The lowest BCUT2D eigenvalue weighted by Gasteiger charge is -2.49. The van der Waals surface area contributed by atoms with E-state index in [-0.39, 0.29) is 36.8 Å². The molecular formula is C62H106O17Si2. The van der Waals surface area contributed by atoms with Crippen molar-refractivity contribution in [1.82, 2.24) is 0 Å². The second kappa shape index (κ2) is 28.8. The number of fused-ring (bicyclic) bond motifs is 2. The van der Waals surface area contributed by atoms with Gasteiger partial charge >= 0.3 is 0 Å². The third-order valence-corrected chi connectivity index (χ3v) is 29.7. The van der Waals surface area contributed by atoms with Gasteiger partial charge in [-0.25, -0.2) is 0 Å². The molecule has 19 heteroatoms. The molecule has 7 unspecified atom stereocenters. The van der Waals surface area contributed by atoms with Crippen LogP contribution in [0.1, 0.15) is 150 Å². The maximum absolute atomic E-state index is 11.1. The van der Waals surface area contributed by atoms with Crippen LogP contribution in [0.4, 0.5) is 0 Å². The van der Waals surface area contributed by atoms with Gasteiger partial charge in [0, 0.05) is 11.8 Å². The lowest BCUT2D eigenvalue weighted by Crippen LogP contribution is -2.63. The zero-order chi connectivity index (χ0) is 60.1. The van der Waals surface area contributed by atoms with E-state index in [1.807, 2.05) is 109 Å². The summed E-state index contributed by atoms with van der Waals surface area (Å²) >= 11 is 0. The molecule has 0 bridgehead atoms. The molecule has 6 heterocycles. The molecule has 2 aromatic rings. The zero-order valence-corrected chi connectivity index (χ0v) is 54.6. The van der Waals surface area contributed by atoms with E-state index in [2.05, 4.69) is 83.1 Å². The van der Waals surface area contributed by atoms with Gasteiger partial charge in [0.05, 0.1) is 50.8 Å². The van der Waals surface area contributed by atoms with Crippen LogP contribution in [0.25, 0.3) is 0 Å². The van der Waals surface area contributed by atoms with E-state index in [1.165, 1.54) is 0 Å². The van der Waals surface area contributed by atoms with E-state index < -0.39 is 108 Å². The number of hydrogen-bond donors (Lipinski definition) is 4. The number of ether oxygens (including phenoxy) is 11. The van der Waals surface area contributed by atoms with Crippen LogP contribution < -0.4 is 0 Å². The van der Waals surface area contributed by atoms with Gasteiger partial charge in [-0.3, -0.25) is 0 Å². The van der Waals surface area contributed by atoms with Gasteiger partial charge in [-0.1, -0.05) is 158 Å². The van der Waals surface area contributed by atoms with Crippen LogP contribution in [0.15, 0.2) is 60.7 Å². The molecule has 8 rings (SSSR count). The average Bonchev–Trinajstić information content (AvgIpc) is 4.20. The van der Waals surface area contributed by atoms with Crippen LogP contribution in [0.3, 0.4) is 0 Å². The van der Waals surface area contributed by atoms with Crippen molar-refractivity contribution in [3.8, 4) is 0 Å². The monoisotopic (exact) mass is 1180 g/mol. The summed E-state index contributed by atoms with van der Waals surface area (Å²) in [5, 5.41) is 40.9. The standard InChI is InChI=1S/C31H52O8Si.C18H36O5Si.C13H18O4/c1-18(2)40(19(3)4,20(5)6)39-30-28-27(37-31(9,10)38-28)25(22(8)35-30)36-29-26(24(32)21(7)16-34-29)33-17-23-14-12-11-13-15-23;1-10(2)24(11(3)4,12(5)6)23-17-16-15(14(19)13(7)20-17)21-18(8,9)22-16;1-9-12(14)11(8-17-13(9)15)16-7-10-5-3-2-4-6-10/h11-15,18-22,24-30,32H,16-17H2,1-10H3;10-17,19H,1-9H3;2-6,9,11-15H,7-8H2,1H3/t21-,22?,24-,25+,26?,27?,28+,29+,30+;13?,14-,15-,16?,17-;9?,11-,12+,13?/m101/s1. The Bertz CT molecular complexity index is 2130. The van der Waals surface area contributed by atoms with Crippen molar-refractivity contribution in [2.24, 2.45) is 11.8 Å². The predicted molar refractivity (Wildman–Crippen MR) is 314 cm³/mol. The first-order chi connectivity index (χ1) is 37.9. The van der Waals surface area contributed by atoms with Gasteiger partial charge in [0.2, 0.25) is 16.6 Å². The average molecular weight is 1180 g/mol. The number of rotatable bonds is 18. The smallest absolute Gasteiger partial charge is 0.203 e. The molecule has 0 aliphatic carbocycles. The SMILES string of the molecule is CC1C(O)OC[C@@H](OCc2ccccc2)[C@H]1O.CC1O[C@@H](O[Si](C(C)C)(C(C)C)C(C)C)C2OC(C)(C)O[C@H]2[C@H]1O.CC1O[C@@H](O[Si](C(C)C)(C(C)C)C(C)C)[C@H]2OC(C)(C)OC2[C@H]1O[C@@H]1OC[C@@H](C)[C@@H](O)C1OCc1ccccc1. The largest absolute Gasteiger partial charge is 0.390 e. The minimum atomic E-state index is -2.27. The molecule has 464 valence electrons. The minimum Gasteiger partial charge on any atom is -0.390 e. The molecule has 0 aromatic heterocycles. The van der Waals surface area contributed by atoms with Gasteiger partial charge in [-0.15, -0.1) is 0 Å². The molecule has 6 saturated heterocycles. The summed E-state index contributed by atoms with van der Waals surface area (Å²) in [4.78, 5) is 0. The quantitative estimate of drug-likeness (QED) is 0.103. The number of hydrogen-bond acceptors (Lipinski definition) is 17. The fraction of sp³-hybridized carbons (Fsp3) is 0.806. The maximum atomic E-state index is 11.1. The van der Waals surface area contributed by atoms with Crippen molar-refractivity contribution in [2.45, 2.75) is 295 Å². The Kier molecular flexibility index (Phi) is 24.3. The second-order valence-corrected chi connectivity index (χ2v) is 37.2. The van der Waals surface area contributed by atoms with Gasteiger partial charge in [0.25, 0.3) is 0 Å². The summed E-state index contributed by atoms with van der Waals surface area (Å²) in [6.45, 7) is 43.6. The first-order valence-electron chi connectivity index (χ1n) is 30.2. The second-order valence-electron chi connectivity index (χ2n) is 26.4. The summed E-state index contributed by atoms with van der Waals surface area (Å²) in [6, 6.07) is 19.7. The highest BCUT2D eigenvalue weighted by Gasteiger charge is 2.61. The third-order valence-electron chi connectivity index (χ3n) is 17.6. The highest BCUT2D eigenvalue weighted by molar-refractivity contribution is 6.78. The molecule has 0 saturated carbocycles.